The number of carbonyl (C=O) groups excluding carboxylic acids is 2. The normalized spacial score (nSPS) is 18.5. The van der Waals surface area contributed by atoms with Gasteiger partial charge in [-0.2, -0.15) is 4.72 Å². The molecule has 2 amide bonds. The van der Waals surface area contributed by atoms with E-state index in [0.29, 0.717) is 12.4 Å². The monoisotopic (exact) mass is 528 g/mol. The molecule has 2 aliphatic rings. The maximum Gasteiger partial charge on any atom is 0.268 e. The molecule has 0 spiro atoms. The maximum atomic E-state index is 13.1. The molecule has 10 nitrogen and oxygen atoms in total. The summed E-state index contributed by atoms with van der Waals surface area (Å²) in [5.74, 6) is -0.950. The van der Waals surface area contributed by atoms with Crippen molar-refractivity contribution in [1.29, 1.82) is 0 Å². The summed E-state index contributed by atoms with van der Waals surface area (Å²) in [4.78, 5) is 28.0. The van der Waals surface area contributed by atoms with Crippen LogP contribution >= 0.6 is 0 Å². The van der Waals surface area contributed by atoms with Crippen molar-refractivity contribution >= 4 is 33.1 Å². The van der Waals surface area contributed by atoms with Crippen molar-refractivity contribution in [2.75, 3.05) is 31.6 Å². The minimum atomic E-state index is -4.14. The third kappa shape index (κ3) is 5.20. The second-order valence-electron chi connectivity index (χ2n) is 9.80. The fourth-order valence-electron chi connectivity index (χ4n) is 4.57. The van der Waals surface area contributed by atoms with Crippen molar-refractivity contribution in [2.45, 2.75) is 37.2 Å². The topological polar surface area (TPSA) is 128 Å². The molecule has 198 valence electrons. The second-order valence-corrected chi connectivity index (χ2v) is 11.5. The fraction of sp³-hybridized carbons (Fsp3) is 0.385. The van der Waals surface area contributed by atoms with Gasteiger partial charge in [-0.3, -0.25) is 14.8 Å². The van der Waals surface area contributed by atoms with Crippen LogP contribution in [0.25, 0.3) is 5.57 Å². The Balaban J connectivity index is 1.45. The minimum absolute atomic E-state index is 0.0731. The van der Waals surface area contributed by atoms with E-state index in [1.54, 1.807) is 26.0 Å². The van der Waals surface area contributed by atoms with Crippen LogP contribution in [-0.4, -0.2) is 68.7 Å². The Kier molecular flexibility index (Phi) is 7.31. The van der Waals surface area contributed by atoms with E-state index in [1.165, 1.54) is 22.5 Å². The van der Waals surface area contributed by atoms with Crippen molar-refractivity contribution < 1.29 is 28.0 Å². The molecule has 4 rings (SSSR count). The number of rotatable bonds is 8. The van der Waals surface area contributed by atoms with Gasteiger partial charge >= 0.3 is 0 Å². The highest BCUT2D eigenvalue weighted by Crippen LogP contribution is 2.33. The van der Waals surface area contributed by atoms with Gasteiger partial charge in [0, 0.05) is 30.3 Å². The third-order valence-corrected chi connectivity index (χ3v) is 8.36. The van der Waals surface area contributed by atoms with E-state index in [9.17, 15) is 23.2 Å². The number of carbonyl (C=O) groups is 2. The van der Waals surface area contributed by atoms with Crippen molar-refractivity contribution in [3.05, 3.63) is 60.2 Å². The second kappa shape index (κ2) is 10.2. The lowest BCUT2D eigenvalue weighted by Crippen LogP contribution is -2.77. The van der Waals surface area contributed by atoms with E-state index in [-0.39, 0.29) is 35.9 Å². The number of ether oxygens (including phenoxy) is 1. The average molecular weight is 529 g/mol. The third-order valence-electron chi connectivity index (χ3n) is 6.80. The molecule has 1 unspecified atom stereocenters. The quantitative estimate of drug-likeness (QED) is 0.353. The van der Waals surface area contributed by atoms with E-state index in [1.807, 2.05) is 25.2 Å². The first kappa shape index (κ1) is 26.6. The zero-order valence-corrected chi connectivity index (χ0v) is 22.1. The van der Waals surface area contributed by atoms with Gasteiger partial charge in [0.1, 0.15) is 17.9 Å². The Labute approximate surface area is 216 Å². The maximum absolute atomic E-state index is 13.1. The van der Waals surface area contributed by atoms with Gasteiger partial charge in [-0.1, -0.05) is 38.1 Å². The summed E-state index contributed by atoms with van der Waals surface area (Å²) in [5, 5.41) is 9.17. The first-order chi connectivity index (χ1) is 17.5. The van der Waals surface area contributed by atoms with E-state index < -0.39 is 21.5 Å². The molecule has 1 atom stereocenters. The van der Waals surface area contributed by atoms with Gasteiger partial charge in [0.05, 0.1) is 18.0 Å². The minimum Gasteiger partial charge on any atom is -0.489 e. The number of hydroxylamine groups is 1. The van der Waals surface area contributed by atoms with Gasteiger partial charge in [-0.05, 0) is 42.8 Å². The zero-order valence-electron chi connectivity index (χ0n) is 21.3. The molecule has 2 aromatic rings. The first-order valence-electron chi connectivity index (χ1n) is 12.0. The van der Waals surface area contributed by atoms with Crippen molar-refractivity contribution in [3.63, 3.8) is 0 Å². The molecule has 2 aromatic carbocycles. The Bertz CT molecular complexity index is 1320. The number of hydrogen-bond acceptors (Lipinski definition) is 7. The van der Waals surface area contributed by atoms with Gasteiger partial charge in [-0.25, -0.2) is 13.9 Å². The zero-order chi connectivity index (χ0) is 27.0. The predicted molar refractivity (Wildman–Crippen MR) is 139 cm³/mol. The summed E-state index contributed by atoms with van der Waals surface area (Å²) in [7, 11) is -2.10. The van der Waals surface area contributed by atoms with Gasteiger partial charge in [0.2, 0.25) is 15.9 Å². The summed E-state index contributed by atoms with van der Waals surface area (Å²) in [6.45, 7) is 5.49. The molecule has 0 bridgehead atoms. The molecule has 0 aliphatic carbocycles. The predicted octanol–water partition coefficient (Wildman–Crippen LogP) is 2.01. The van der Waals surface area contributed by atoms with Gasteiger partial charge < -0.3 is 14.5 Å². The van der Waals surface area contributed by atoms with Gasteiger partial charge in [0.15, 0.2) is 0 Å². The first-order valence-corrected chi connectivity index (χ1v) is 13.5. The summed E-state index contributed by atoms with van der Waals surface area (Å²) in [6.07, 6.45) is 2.14. The van der Waals surface area contributed by atoms with Crippen LogP contribution in [0.1, 0.15) is 26.3 Å². The molecule has 37 heavy (non-hydrogen) atoms. The van der Waals surface area contributed by atoms with Gasteiger partial charge in [0.25, 0.3) is 5.91 Å². The molecule has 3 N–H and O–H groups in total. The summed E-state index contributed by atoms with van der Waals surface area (Å²) >= 11 is 0. The van der Waals surface area contributed by atoms with Crippen molar-refractivity contribution in [3.8, 4) is 5.75 Å². The highest BCUT2D eigenvalue weighted by molar-refractivity contribution is 7.89. The Morgan fingerprint density at radius 2 is 1.78 bits per heavy atom. The lowest BCUT2D eigenvalue weighted by molar-refractivity contribution is -0.152. The van der Waals surface area contributed by atoms with E-state index in [2.05, 4.69) is 28.7 Å². The van der Waals surface area contributed by atoms with Crippen LogP contribution in [0.3, 0.4) is 0 Å². The lowest BCUT2D eigenvalue weighted by atomic mass is 9.89. The highest BCUT2D eigenvalue weighted by Gasteiger charge is 2.53. The average Bonchev–Trinajstić information content (AvgIpc) is 2.86. The standard InChI is InChI=1S/C26H32N4O6S/c1-17(2)24(31)30-15-26(16-30,25(32)27-33)28-37(34,35)21-11-9-20(10-12-21)36-14-19-13-18(3)29(4)23-8-6-5-7-22(19)23/h5-13,17-18,28,33H,14-16H2,1-4H3,(H,27,32). The fourth-order valence-corrected chi connectivity index (χ4v) is 5.92. The summed E-state index contributed by atoms with van der Waals surface area (Å²) in [6, 6.07) is 14.2. The molecule has 1 saturated heterocycles. The molecule has 0 aromatic heterocycles. The molecule has 1 fully saturated rings. The number of fused-ring (bicyclic) bond motifs is 1. The number of likely N-dealkylation sites (tertiary alicyclic amines) is 1. The Hall–Kier alpha value is -3.41. The van der Waals surface area contributed by atoms with Crippen molar-refractivity contribution in [1.82, 2.24) is 15.1 Å². The van der Waals surface area contributed by atoms with Crippen LogP contribution in [0.4, 0.5) is 5.69 Å². The number of nitrogens with zero attached hydrogens (tertiary/aromatic N) is 2. The highest BCUT2D eigenvalue weighted by atomic mass is 32.2. The molecule has 0 saturated carbocycles. The molecule has 2 heterocycles. The van der Waals surface area contributed by atoms with E-state index >= 15 is 0 Å². The van der Waals surface area contributed by atoms with Crippen LogP contribution in [0, 0.1) is 5.92 Å². The number of amides is 2. The van der Waals surface area contributed by atoms with Crippen LogP contribution in [0.2, 0.25) is 0 Å². The molecule has 0 radical (unpaired) electrons. The van der Waals surface area contributed by atoms with E-state index in [0.717, 1.165) is 16.8 Å². The number of anilines is 1. The molecule has 2 aliphatic heterocycles. The van der Waals surface area contributed by atoms with Gasteiger partial charge in [-0.15, -0.1) is 0 Å². The van der Waals surface area contributed by atoms with Crippen LogP contribution in [0.15, 0.2) is 59.5 Å². The number of likely N-dealkylation sites (N-methyl/N-ethyl adjacent to an activating group) is 1. The number of benzene rings is 2. The van der Waals surface area contributed by atoms with Crippen LogP contribution in [0.5, 0.6) is 5.75 Å². The largest absolute Gasteiger partial charge is 0.489 e. The Morgan fingerprint density at radius 3 is 2.41 bits per heavy atom. The SMILES string of the molecule is CC(C)C(=O)N1CC(NS(=O)(=O)c2ccc(OCC3=CC(C)N(C)c4ccccc43)cc2)(C(=O)NO)C1. The molecule has 11 heteroatoms. The van der Waals surface area contributed by atoms with Crippen molar-refractivity contribution in [2.24, 2.45) is 5.92 Å². The summed E-state index contributed by atoms with van der Waals surface area (Å²) < 4.78 is 34.5. The lowest BCUT2D eigenvalue weighted by Gasteiger charge is -2.48. The number of para-hydroxylation sites is 1. The van der Waals surface area contributed by atoms with Crippen LogP contribution < -0.4 is 19.8 Å². The van der Waals surface area contributed by atoms with E-state index in [4.69, 9.17) is 4.74 Å². The molecular formula is C26H32N4O6S. The number of hydrogen-bond donors (Lipinski definition) is 3. The smallest absolute Gasteiger partial charge is 0.268 e. The molecular weight excluding hydrogens is 496 g/mol. The number of sulfonamides is 1. The summed E-state index contributed by atoms with van der Waals surface area (Å²) in [5.41, 5.74) is 3.10. The number of nitrogens with one attached hydrogen (secondary N) is 2. The Morgan fingerprint density at radius 1 is 1.14 bits per heavy atom. The van der Waals surface area contributed by atoms with Crippen LogP contribution in [-0.2, 0) is 19.6 Å².